The Balaban J connectivity index is 1.69. The van der Waals surface area contributed by atoms with Crippen LogP contribution in [-0.4, -0.2) is 59.2 Å². The van der Waals surface area contributed by atoms with E-state index in [1.807, 2.05) is 0 Å². The zero-order valence-electron chi connectivity index (χ0n) is 17.3. The number of methoxy groups -OCH3 is 1. The summed E-state index contributed by atoms with van der Waals surface area (Å²) in [7, 11) is 0.528. The molecule has 1 heterocycles. The van der Waals surface area contributed by atoms with Gasteiger partial charge in [0.2, 0.25) is 10.0 Å². The standard InChI is InChI=1S/C21H26N2O6S/c1-23(2)30(25,26)20-13-16(8-11-19(20)27-3)22-21(24)15-6-9-17(10-7-15)29-14-18-5-4-12-28-18/h6-11,13,18H,4-5,12,14H2,1-3H3,(H,22,24). The van der Waals surface area contributed by atoms with E-state index >= 15 is 0 Å². The summed E-state index contributed by atoms with van der Waals surface area (Å²) in [5.41, 5.74) is 0.771. The van der Waals surface area contributed by atoms with E-state index in [9.17, 15) is 13.2 Å². The molecule has 0 aliphatic carbocycles. The zero-order chi connectivity index (χ0) is 21.7. The Morgan fingerprint density at radius 3 is 2.53 bits per heavy atom. The first kappa shape index (κ1) is 22.1. The predicted octanol–water partition coefficient (Wildman–Crippen LogP) is 2.76. The molecule has 30 heavy (non-hydrogen) atoms. The van der Waals surface area contributed by atoms with Gasteiger partial charge in [-0.1, -0.05) is 0 Å². The van der Waals surface area contributed by atoms with Crippen LogP contribution >= 0.6 is 0 Å². The average molecular weight is 435 g/mol. The minimum Gasteiger partial charge on any atom is -0.495 e. The number of rotatable bonds is 8. The molecule has 0 saturated carbocycles. The lowest BCUT2D eigenvalue weighted by atomic mass is 10.2. The second-order valence-electron chi connectivity index (χ2n) is 7.08. The molecule has 1 saturated heterocycles. The maximum absolute atomic E-state index is 12.6. The fourth-order valence-electron chi connectivity index (χ4n) is 3.02. The minimum atomic E-state index is -3.73. The van der Waals surface area contributed by atoms with Gasteiger partial charge in [0.05, 0.1) is 13.2 Å². The fraction of sp³-hybridized carbons (Fsp3) is 0.381. The van der Waals surface area contributed by atoms with Crippen molar-refractivity contribution in [3.63, 3.8) is 0 Å². The van der Waals surface area contributed by atoms with Crippen molar-refractivity contribution in [1.82, 2.24) is 4.31 Å². The summed E-state index contributed by atoms with van der Waals surface area (Å²) in [5, 5.41) is 2.72. The molecule has 162 valence electrons. The van der Waals surface area contributed by atoms with E-state index in [4.69, 9.17) is 14.2 Å². The van der Waals surface area contributed by atoms with Gasteiger partial charge in [-0.15, -0.1) is 0 Å². The van der Waals surface area contributed by atoms with E-state index in [0.29, 0.717) is 23.6 Å². The zero-order valence-corrected chi connectivity index (χ0v) is 18.1. The van der Waals surface area contributed by atoms with E-state index < -0.39 is 10.0 Å². The molecule has 9 heteroatoms. The molecular formula is C21H26N2O6S. The van der Waals surface area contributed by atoms with Crippen LogP contribution in [0.15, 0.2) is 47.4 Å². The molecule has 1 fully saturated rings. The number of nitrogens with zero attached hydrogens (tertiary/aromatic N) is 1. The number of nitrogens with one attached hydrogen (secondary N) is 1. The molecule has 0 spiro atoms. The van der Waals surface area contributed by atoms with Gasteiger partial charge in [0, 0.05) is 32.0 Å². The number of ether oxygens (including phenoxy) is 3. The number of carbonyl (C=O) groups is 1. The maximum Gasteiger partial charge on any atom is 0.255 e. The van der Waals surface area contributed by atoms with Crippen LogP contribution in [-0.2, 0) is 14.8 Å². The Kier molecular flexibility index (Phi) is 6.96. The molecular weight excluding hydrogens is 408 g/mol. The van der Waals surface area contributed by atoms with Gasteiger partial charge in [-0.05, 0) is 55.3 Å². The van der Waals surface area contributed by atoms with Crippen LogP contribution in [0.4, 0.5) is 5.69 Å². The molecule has 2 aromatic carbocycles. The molecule has 1 aliphatic rings. The first-order chi connectivity index (χ1) is 14.3. The van der Waals surface area contributed by atoms with E-state index in [0.717, 1.165) is 23.8 Å². The van der Waals surface area contributed by atoms with E-state index in [1.54, 1.807) is 30.3 Å². The number of sulfonamides is 1. The Bertz CT molecular complexity index is 983. The summed E-state index contributed by atoms with van der Waals surface area (Å²) in [6.45, 7) is 1.26. The lowest BCUT2D eigenvalue weighted by Gasteiger charge is -2.16. The van der Waals surface area contributed by atoms with Crippen molar-refractivity contribution in [1.29, 1.82) is 0 Å². The lowest BCUT2D eigenvalue weighted by molar-refractivity contribution is 0.0679. The lowest BCUT2D eigenvalue weighted by Crippen LogP contribution is -2.23. The molecule has 3 rings (SSSR count). The molecule has 0 radical (unpaired) electrons. The Morgan fingerprint density at radius 2 is 1.93 bits per heavy atom. The molecule has 1 aliphatic heterocycles. The number of benzene rings is 2. The fourth-order valence-corrected chi connectivity index (χ4v) is 4.10. The normalized spacial score (nSPS) is 16.5. The van der Waals surface area contributed by atoms with Crippen molar-refractivity contribution in [3.8, 4) is 11.5 Å². The highest BCUT2D eigenvalue weighted by atomic mass is 32.2. The largest absolute Gasteiger partial charge is 0.495 e. The van der Waals surface area contributed by atoms with Crippen molar-refractivity contribution in [2.75, 3.05) is 39.7 Å². The summed E-state index contributed by atoms with van der Waals surface area (Å²) in [6.07, 6.45) is 2.17. The maximum atomic E-state index is 12.6. The summed E-state index contributed by atoms with van der Waals surface area (Å²) in [4.78, 5) is 12.6. The van der Waals surface area contributed by atoms with Crippen molar-refractivity contribution in [2.45, 2.75) is 23.8 Å². The van der Waals surface area contributed by atoms with E-state index in [-0.39, 0.29) is 22.7 Å². The van der Waals surface area contributed by atoms with Gasteiger partial charge >= 0.3 is 0 Å². The van der Waals surface area contributed by atoms with Crippen molar-refractivity contribution >= 4 is 21.6 Å². The van der Waals surface area contributed by atoms with Crippen molar-refractivity contribution in [2.24, 2.45) is 0 Å². The molecule has 2 aromatic rings. The summed E-state index contributed by atoms with van der Waals surface area (Å²) in [5.74, 6) is 0.499. The van der Waals surface area contributed by atoms with Crippen LogP contribution in [0.25, 0.3) is 0 Å². The van der Waals surface area contributed by atoms with Crippen LogP contribution in [0.1, 0.15) is 23.2 Å². The molecule has 1 amide bonds. The van der Waals surface area contributed by atoms with Gasteiger partial charge in [0.1, 0.15) is 23.0 Å². The topological polar surface area (TPSA) is 94.2 Å². The molecule has 1 unspecified atom stereocenters. The predicted molar refractivity (Wildman–Crippen MR) is 113 cm³/mol. The molecule has 8 nitrogen and oxygen atoms in total. The van der Waals surface area contributed by atoms with Gasteiger partial charge in [0.15, 0.2) is 0 Å². The SMILES string of the molecule is COc1ccc(NC(=O)c2ccc(OCC3CCCO3)cc2)cc1S(=O)(=O)N(C)C. The van der Waals surface area contributed by atoms with E-state index in [2.05, 4.69) is 5.32 Å². The van der Waals surface area contributed by atoms with Crippen molar-refractivity contribution in [3.05, 3.63) is 48.0 Å². The second kappa shape index (κ2) is 9.46. The molecule has 1 N–H and O–H groups in total. The summed E-state index contributed by atoms with van der Waals surface area (Å²) < 4.78 is 42.5. The van der Waals surface area contributed by atoms with Gasteiger partial charge in [-0.2, -0.15) is 0 Å². The number of carbonyl (C=O) groups excluding carboxylic acids is 1. The summed E-state index contributed by atoms with van der Waals surface area (Å²) >= 11 is 0. The van der Waals surface area contributed by atoms with Crippen LogP contribution in [0, 0.1) is 0 Å². The third-order valence-electron chi connectivity index (χ3n) is 4.76. The smallest absolute Gasteiger partial charge is 0.255 e. The first-order valence-corrected chi connectivity index (χ1v) is 11.0. The monoisotopic (exact) mass is 434 g/mol. The van der Waals surface area contributed by atoms with Crippen LogP contribution in [0.5, 0.6) is 11.5 Å². The third-order valence-corrected chi connectivity index (χ3v) is 6.59. The average Bonchev–Trinajstić information content (AvgIpc) is 3.26. The first-order valence-electron chi connectivity index (χ1n) is 9.57. The Hall–Kier alpha value is -2.62. The van der Waals surface area contributed by atoms with Crippen LogP contribution in [0.3, 0.4) is 0 Å². The number of hydrogen-bond donors (Lipinski definition) is 1. The quantitative estimate of drug-likeness (QED) is 0.687. The highest BCUT2D eigenvalue weighted by molar-refractivity contribution is 7.89. The Labute approximate surface area is 176 Å². The molecule has 1 atom stereocenters. The molecule has 0 bridgehead atoms. The van der Waals surface area contributed by atoms with Gasteiger partial charge in [0.25, 0.3) is 5.91 Å². The van der Waals surface area contributed by atoms with Gasteiger partial charge in [-0.25, -0.2) is 12.7 Å². The number of anilines is 1. The third kappa shape index (κ3) is 5.10. The highest BCUT2D eigenvalue weighted by Gasteiger charge is 2.23. The molecule has 0 aromatic heterocycles. The highest BCUT2D eigenvalue weighted by Crippen LogP contribution is 2.29. The summed E-state index contributed by atoms with van der Waals surface area (Å²) in [6, 6.07) is 11.2. The van der Waals surface area contributed by atoms with E-state index in [1.165, 1.54) is 33.3 Å². The van der Waals surface area contributed by atoms with Gasteiger partial charge in [-0.3, -0.25) is 4.79 Å². The van der Waals surface area contributed by atoms with Crippen LogP contribution < -0.4 is 14.8 Å². The van der Waals surface area contributed by atoms with Crippen LogP contribution in [0.2, 0.25) is 0 Å². The number of hydrogen-bond acceptors (Lipinski definition) is 6. The van der Waals surface area contributed by atoms with Crippen molar-refractivity contribution < 1.29 is 27.4 Å². The van der Waals surface area contributed by atoms with Gasteiger partial charge < -0.3 is 19.5 Å². The number of amides is 1. The second-order valence-corrected chi connectivity index (χ2v) is 9.20. The Morgan fingerprint density at radius 1 is 1.20 bits per heavy atom. The minimum absolute atomic E-state index is 0.0225.